The van der Waals surface area contributed by atoms with E-state index >= 15 is 0 Å². The summed E-state index contributed by atoms with van der Waals surface area (Å²) in [5.41, 5.74) is 13.1. The lowest BCUT2D eigenvalue weighted by molar-refractivity contribution is 0.0513. The van der Waals surface area contributed by atoms with E-state index in [-0.39, 0.29) is 17.4 Å². The predicted molar refractivity (Wildman–Crippen MR) is 82.2 cm³/mol. The zero-order valence-corrected chi connectivity index (χ0v) is 12.5. The van der Waals surface area contributed by atoms with Gasteiger partial charge < -0.3 is 16.2 Å². The molecule has 0 aliphatic heterocycles. The summed E-state index contributed by atoms with van der Waals surface area (Å²) < 4.78 is 18.0. The maximum atomic E-state index is 13.0. The summed E-state index contributed by atoms with van der Waals surface area (Å²) in [5, 5.41) is 4.05. The number of hydrogen-bond donors (Lipinski definition) is 3. The Balaban J connectivity index is 3.03. The molecule has 0 aromatic heterocycles. The van der Waals surface area contributed by atoms with Crippen LogP contribution >= 0.6 is 12.2 Å². The topological polar surface area (TPSA) is 103 Å². The molecule has 1 aromatic carbocycles. The Morgan fingerprint density at radius 1 is 1.38 bits per heavy atom. The SMILES string of the molecule is CC(C)(CC(=NNC(N)=S)c1ccc(F)cc1)OC(N)=O. The molecule has 1 aromatic rings. The molecule has 0 saturated carbocycles. The molecule has 114 valence electrons. The third-order valence-corrected chi connectivity index (χ3v) is 2.54. The van der Waals surface area contributed by atoms with Crippen LogP contribution in [0.4, 0.5) is 9.18 Å². The first kappa shape index (κ1) is 16.8. The molecule has 6 nitrogen and oxygen atoms in total. The summed E-state index contributed by atoms with van der Waals surface area (Å²) in [6.07, 6.45) is -0.655. The van der Waals surface area contributed by atoms with Crippen molar-refractivity contribution >= 4 is 29.1 Å². The van der Waals surface area contributed by atoms with Crippen LogP contribution in [0.25, 0.3) is 0 Å². The summed E-state index contributed by atoms with van der Waals surface area (Å²) in [6.45, 7) is 3.36. The molecule has 0 atom stereocenters. The lowest BCUT2D eigenvalue weighted by atomic mass is 9.96. The molecule has 0 radical (unpaired) electrons. The van der Waals surface area contributed by atoms with E-state index in [4.69, 9.17) is 28.4 Å². The van der Waals surface area contributed by atoms with Crippen LogP contribution in [0, 0.1) is 5.82 Å². The number of carbonyl (C=O) groups is 1. The van der Waals surface area contributed by atoms with Crippen LogP contribution in [0.1, 0.15) is 25.8 Å². The molecule has 21 heavy (non-hydrogen) atoms. The number of hydrazone groups is 1. The molecule has 0 bridgehead atoms. The highest BCUT2D eigenvalue weighted by Gasteiger charge is 2.25. The number of nitrogens with zero attached hydrogens (tertiary/aromatic N) is 1. The van der Waals surface area contributed by atoms with E-state index in [0.717, 1.165) is 0 Å². The maximum absolute atomic E-state index is 13.0. The van der Waals surface area contributed by atoms with Gasteiger partial charge in [0.1, 0.15) is 11.4 Å². The number of rotatable bonds is 5. The summed E-state index contributed by atoms with van der Waals surface area (Å²) in [7, 11) is 0. The molecule has 0 saturated heterocycles. The predicted octanol–water partition coefficient (Wildman–Crippen LogP) is 1.63. The molecular weight excluding hydrogens is 295 g/mol. The van der Waals surface area contributed by atoms with E-state index in [1.807, 2.05) is 0 Å². The van der Waals surface area contributed by atoms with Crippen LogP contribution in [0.2, 0.25) is 0 Å². The first-order chi connectivity index (χ1) is 9.69. The fourth-order valence-electron chi connectivity index (χ4n) is 1.68. The zero-order valence-electron chi connectivity index (χ0n) is 11.7. The fourth-order valence-corrected chi connectivity index (χ4v) is 1.73. The number of benzene rings is 1. The van der Waals surface area contributed by atoms with Gasteiger partial charge >= 0.3 is 6.09 Å². The molecule has 0 fully saturated rings. The number of nitrogens with one attached hydrogen (secondary N) is 1. The van der Waals surface area contributed by atoms with Crippen molar-refractivity contribution in [1.82, 2.24) is 5.43 Å². The smallest absolute Gasteiger partial charge is 0.405 e. The second-order valence-electron chi connectivity index (χ2n) is 4.90. The molecule has 5 N–H and O–H groups in total. The lowest BCUT2D eigenvalue weighted by Crippen LogP contribution is -2.35. The Kier molecular flexibility index (Phi) is 5.60. The molecule has 0 spiro atoms. The van der Waals surface area contributed by atoms with Gasteiger partial charge in [-0.05, 0) is 43.8 Å². The van der Waals surface area contributed by atoms with E-state index in [0.29, 0.717) is 11.3 Å². The van der Waals surface area contributed by atoms with Gasteiger partial charge in [-0.1, -0.05) is 12.1 Å². The standard InChI is InChI=1S/C13H17FN4O2S/c1-13(2,20-12(16)19)7-10(17-18-11(15)21)8-3-5-9(14)6-4-8/h3-6H,7H2,1-2H3,(H2,16,19)(H3,15,18,21). The lowest BCUT2D eigenvalue weighted by Gasteiger charge is -2.24. The zero-order chi connectivity index (χ0) is 16.0. The van der Waals surface area contributed by atoms with Crippen molar-refractivity contribution in [3.63, 3.8) is 0 Å². The summed E-state index contributed by atoms with van der Waals surface area (Å²) >= 11 is 4.69. The molecule has 8 heteroatoms. The average molecular weight is 312 g/mol. The number of nitrogens with two attached hydrogens (primary N) is 2. The summed E-state index contributed by atoms with van der Waals surface area (Å²) in [4.78, 5) is 10.9. The van der Waals surface area contributed by atoms with Crippen molar-refractivity contribution in [2.24, 2.45) is 16.6 Å². The number of ether oxygens (including phenoxy) is 1. The van der Waals surface area contributed by atoms with Gasteiger partial charge in [-0.15, -0.1) is 0 Å². The molecule has 0 aliphatic carbocycles. The second kappa shape index (κ2) is 6.98. The van der Waals surface area contributed by atoms with Gasteiger partial charge in [-0.25, -0.2) is 9.18 Å². The molecule has 1 rings (SSSR count). The van der Waals surface area contributed by atoms with E-state index < -0.39 is 11.7 Å². The van der Waals surface area contributed by atoms with Crippen molar-refractivity contribution < 1.29 is 13.9 Å². The number of primary amides is 1. The van der Waals surface area contributed by atoms with E-state index in [2.05, 4.69) is 10.5 Å². The summed E-state index contributed by atoms with van der Waals surface area (Å²) in [5.74, 6) is -0.368. The Morgan fingerprint density at radius 3 is 2.43 bits per heavy atom. The van der Waals surface area contributed by atoms with Gasteiger partial charge in [0.25, 0.3) is 0 Å². The minimum absolute atomic E-state index is 0.0109. The van der Waals surface area contributed by atoms with Gasteiger partial charge in [-0.2, -0.15) is 5.10 Å². The van der Waals surface area contributed by atoms with Crippen LogP contribution in [0.15, 0.2) is 29.4 Å². The minimum Gasteiger partial charge on any atom is -0.443 e. The fraction of sp³-hybridized carbons (Fsp3) is 0.308. The molecular formula is C13H17FN4O2S. The van der Waals surface area contributed by atoms with Crippen LogP contribution < -0.4 is 16.9 Å². The van der Waals surface area contributed by atoms with Crippen LogP contribution in [0.5, 0.6) is 0 Å². The highest BCUT2D eigenvalue weighted by atomic mass is 32.1. The quantitative estimate of drug-likeness (QED) is 0.435. The first-order valence-corrected chi connectivity index (χ1v) is 6.47. The minimum atomic E-state index is -0.892. The second-order valence-corrected chi connectivity index (χ2v) is 5.34. The molecule has 0 unspecified atom stereocenters. The van der Waals surface area contributed by atoms with Crippen LogP contribution in [-0.2, 0) is 4.74 Å². The Bertz CT molecular complexity index is 558. The Hall–Kier alpha value is -2.22. The first-order valence-electron chi connectivity index (χ1n) is 6.06. The Labute approximate surface area is 127 Å². The number of hydrogen-bond acceptors (Lipinski definition) is 4. The van der Waals surface area contributed by atoms with Gasteiger partial charge in [0.05, 0.1) is 5.71 Å². The van der Waals surface area contributed by atoms with Gasteiger partial charge in [-0.3, -0.25) is 5.43 Å². The van der Waals surface area contributed by atoms with Crippen molar-refractivity contribution in [3.05, 3.63) is 35.6 Å². The van der Waals surface area contributed by atoms with Crippen molar-refractivity contribution in [2.45, 2.75) is 25.9 Å². The van der Waals surface area contributed by atoms with E-state index in [9.17, 15) is 9.18 Å². The van der Waals surface area contributed by atoms with E-state index in [1.54, 1.807) is 26.0 Å². The monoisotopic (exact) mass is 312 g/mol. The normalized spacial score (nSPS) is 11.9. The maximum Gasteiger partial charge on any atom is 0.405 e. The largest absolute Gasteiger partial charge is 0.443 e. The highest BCUT2D eigenvalue weighted by Crippen LogP contribution is 2.19. The number of carbonyl (C=O) groups excluding carboxylic acids is 1. The molecule has 1 amide bonds. The highest BCUT2D eigenvalue weighted by molar-refractivity contribution is 7.80. The number of halogens is 1. The number of amides is 1. The third kappa shape index (κ3) is 6.17. The van der Waals surface area contributed by atoms with Crippen molar-refractivity contribution in [1.29, 1.82) is 0 Å². The molecule has 0 heterocycles. The van der Waals surface area contributed by atoms with Crippen LogP contribution in [0.3, 0.4) is 0 Å². The average Bonchev–Trinajstić information content (AvgIpc) is 2.33. The summed E-state index contributed by atoms with van der Waals surface area (Å²) in [6, 6.07) is 5.70. The molecule has 0 aliphatic rings. The third-order valence-electron chi connectivity index (χ3n) is 2.45. The number of thiocarbonyl (C=S) groups is 1. The van der Waals surface area contributed by atoms with Crippen molar-refractivity contribution in [2.75, 3.05) is 0 Å². The van der Waals surface area contributed by atoms with Gasteiger partial charge in [0, 0.05) is 6.42 Å². The van der Waals surface area contributed by atoms with E-state index in [1.165, 1.54) is 12.1 Å². The van der Waals surface area contributed by atoms with Gasteiger partial charge in [0.15, 0.2) is 5.11 Å². The Morgan fingerprint density at radius 2 is 1.95 bits per heavy atom. The van der Waals surface area contributed by atoms with Crippen LogP contribution in [-0.4, -0.2) is 22.5 Å². The van der Waals surface area contributed by atoms with Crippen molar-refractivity contribution in [3.8, 4) is 0 Å². The van der Waals surface area contributed by atoms with Gasteiger partial charge in [0.2, 0.25) is 0 Å².